The van der Waals surface area contributed by atoms with Crippen LogP contribution in [0.4, 0.5) is 5.69 Å². The fourth-order valence-electron chi connectivity index (χ4n) is 1.95. The topological polar surface area (TPSA) is 71.9 Å². The number of benzene rings is 2. The Morgan fingerprint density at radius 3 is 2.55 bits per heavy atom. The third-order valence-corrected chi connectivity index (χ3v) is 2.92. The molecule has 3 aromatic rings. The summed E-state index contributed by atoms with van der Waals surface area (Å²) in [6, 6.07) is 18.3. The summed E-state index contributed by atoms with van der Waals surface area (Å²) in [5, 5.41) is 10.0. The Labute approximate surface area is 116 Å². The van der Waals surface area contributed by atoms with E-state index in [1.165, 1.54) is 0 Å². The van der Waals surface area contributed by atoms with Gasteiger partial charge in [-0.05, 0) is 30.3 Å². The Kier molecular flexibility index (Phi) is 2.94. The minimum absolute atomic E-state index is 0.394. The quantitative estimate of drug-likeness (QED) is 0.717. The van der Waals surface area contributed by atoms with Crippen molar-refractivity contribution in [1.29, 1.82) is 5.26 Å². The van der Waals surface area contributed by atoms with Crippen LogP contribution >= 0.6 is 0 Å². The minimum atomic E-state index is 0.394. The molecule has 0 saturated carbocycles. The predicted octanol–water partition coefficient (Wildman–Crippen LogP) is 3.48. The van der Waals surface area contributed by atoms with Crippen molar-refractivity contribution in [2.45, 2.75) is 0 Å². The minimum Gasteiger partial charge on any atom is -0.439 e. The number of ether oxygens (including phenoxy) is 1. The zero-order valence-electron chi connectivity index (χ0n) is 10.6. The molecule has 0 saturated heterocycles. The first-order valence-electron chi connectivity index (χ1n) is 6.09. The van der Waals surface area contributed by atoms with Gasteiger partial charge in [-0.15, -0.1) is 0 Å². The predicted molar refractivity (Wildman–Crippen MR) is 77.4 cm³/mol. The van der Waals surface area contributed by atoms with Crippen molar-refractivity contribution in [3.8, 4) is 17.7 Å². The van der Waals surface area contributed by atoms with Gasteiger partial charge in [-0.1, -0.05) is 18.2 Å². The van der Waals surface area contributed by atoms with Gasteiger partial charge in [0.15, 0.2) is 0 Å². The highest BCUT2D eigenvalue weighted by Crippen LogP contribution is 2.25. The number of fused-ring (bicyclic) bond motifs is 1. The molecule has 1 heterocycles. The Bertz CT molecular complexity index is 804. The van der Waals surface area contributed by atoms with Crippen molar-refractivity contribution in [2.24, 2.45) is 0 Å². The van der Waals surface area contributed by atoms with Crippen LogP contribution in [0, 0.1) is 11.3 Å². The van der Waals surface area contributed by atoms with Gasteiger partial charge in [0.2, 0.25) is 5.88 Å². The van der Waals surface area contributed by atoms with Crippen LogP contribution in [-0.4, -0.2) is 4.98 Å². The van der Waals surface area contributed by atoms with E-state index in [1.54, 1.807) is 30.3 Å². The SMILES string of the molecule is N#Cc1cc(Oc2ccc(N)cc2)nc2ccccc12. The molecule has 2 aromatic carbocycles. The van der Waals surface area contributed by atoms with Crippen LogP contribution in [-0.2, 0) is 0 Å². The maximum atomic E-state index is 9.21. The first-order chi connectivity index (χ1) is 9.76. The summed E-state index contributed by atoms with van der Waals surface area (Å²) >= 11 is 0. The molecule has 0 radical (unpaired) electrons. The van der Waals surface area contributed by atoms with Crippen molar-refractivity contribution < 1.29 is 4.74 Å². The molecule has 0 bridgehead atoms. The lowest BCUT2D eigenvalue weighted by Crippen LogP contribution is -1.92. The summed E-state index contributed by atoms with van der Waals surface area (Å²) in [7, 11) is 0. The summed E-state index contributed by atoms with van der Waals surface area (Å²) in [4.78, 5) is 4.40. The van der Waals surface area contributed by atoms with Gasteiger partial charge < -0.3 is 10.5 Å². The van der Waals surface area contributed by atoms with Crippen LogP contribution in [0.2, 0.25) is 0 Å². The average Bonchev–Trinajstić information content (AvgIpc) is 2.49. The van der Waals surface area contributed by atoms with Crippen LogP contribution in [0.5, 0.6) is 11.6 Å². The summed E-state index contributed by atoms with van der Waals surface area (Å²) < 4.78 is 5.67. The third kappa shape index (κ3) is 2.25. The number of nitriles is 1. The van der Waals surface area contributed by atoms with Gasteiger partial charge in [0.1, 0.15) is 11.8 Å². The molecule has 0 aliphatic rings. The highest BCUT2D eigenvalue weighted by Gasteiger charge is 2.06. The number of nitrogens with two attached hydrogens (primary N) is 1. The van der Waals surface area contributed by atoms with Crippen LogP contribution in [0.15, 0.2) is 54.6 Å². The van der Waals surface area contributed by atoms with Crippen LogP contribution in [0.3, 0.4) is 0 Å². The van der Waals surface area contributed by atoms with E-state index in [0.717, 1.165) is 10.9 Å². The molecule has 0 aliphatic carbocycles. The van der Waals surface area contributed by atoms with Gasteiger partial charge >= 0.3 is 0 Å². The number of hydrogen-bond donors (Lipinski definition) is 1. The standard InChI is InChI=1S/C16H11N3O/c17-10-11-9-16(19-15-4-2-1-3-14(11)15)20-13-7-5-12(18)6-8-13/h1-9H,18H2. The normalized spacial score (nSPS) is 10.2. The van der Waals surface area contributed by atoms with E-state index in [1.807, 2.05) is 24.3 Å². The molecule has 2 N–H and O–H groups in total. The Balaban J connectivity index is 2.04. The second-order valence-corrected chi connectivity index (χ2v) is 4.31. The number of pyridine rings is 1. The molecule has 0 unspecified atom stereocenters. The van der Waals surface area contributed by atoms with Gasteiger partial charge in [-0.25, -0.2) is 4.98 Å². The first kappa shape index (κ1) is 12.0. The smallest absolute Gasteiger partial charge is 0.221 e. The van der Waals surface area contributed by atoms with E-state index in [4.69, 9.17) is 10.5 Å². The van der Waals surface area contributed by atoms with Crippen molar-refractivity contribution >= 4 is 16.6 Å². The number of nitrogen functional groups attached to an aromatic ring is 1. The number of rotatable bonds is 2. The summed E-state index contributed by atoms with van der Waals surface area (Å²) in [6.45, 7) is 0. The first-order valence-corrected chi connectivity index (χ1v) is 6.09. The lowest BCUT2D eigenvalue weighted by molar-refractivity contribution is 0.465. The molecule has 20 heavy (non-hydrogen) atoms. The number of hydrogen-bond acceptors (Lipinski definition) is 4. The molecule has 0 fully saturated rings. The lowest BCUT2D eigenvalue weighted by atomic mass is 10.1. The maximum Gasteiger partial charge on any atom is 0.221 e. The van der Waals surface area contributed by atoms with Crippen LogP contribution in [0.1, 0.15) is 5.56 Å². The Morgan fingerprint density at radius 2 is 1.80 bits per heavy atom. The fourth-order valence-corrected chi connectivity index (χ4v) is 1.95. The largest absolute Gasteiger partial charge is 0.439 e. The van der Waals surface area contributed by atoms with Crippen molar-refractivity contribution in [2.75, 3.05) is 5.73 Å². The van der Waals surface area contributed by atoms with Gasteiger partial charge in [0, 0.05) is 17.1 Å². The Hall–Kier alpha value is -3.06. The maximum absolute atomic E-state index is 9.21. The number of aromatic nitrogens is 1. The molecule has 4 nitrogen and oxygen atoms in total. The molecular formula is C16H11N3O. The van der Waals surface area contributed by atoms with Crippen LogP contribution in [0.25, 0.3) is 10.9 Å². The van der Waals surface area contributed by atoms with Gasteiger partial charge in [0.05, 0.1) is 11.1 Å². The molecule has 0 atom stereocenters. The van der Waals surface area contributed by atoms with Gasteiger partial charge in [0.25, 0.3) is 0 Å². The van der Waals surface area contributed by atoms with E-state index < -0.39 is 0 Å². The molecule has 0 aliphatic heterocycles. The van der Waals surface area contributed by atoms with Gasteiger partial charge in [-0.3, -0.25) is 0 Å². The van der Waals surface area contributed by atoms with E-state index >= 15 is 0 Å². The summed E-state index contributed by atoms with van der Waals surface area (Å²) in [5.41, 5.74) is 7.57. The van der Waals surface area contributed by atoms with E-state index in [-0.39, 0.29) is 0 Å². The van der Waals surface area contributed by atoms with Crippen molar-refractivity contribution in [3.05, 3.63) is 60.2 Å². The monoisotopic (exact) mass is 261 g/mol. The average molecular weight is 261 g/mol. The zero-order valence-corrected chi connectivity index (χ0v) is 10.6. The molecule has 96 valence electrons. The van der Waals surface area contributed by atoms with Gasteiger partial charge in [-0.2, -0.15) is 5.26 Å². The lowest BCUT2D eigenvalue weighted by Gasteiger charge is -2.07. The summed E-state index contributed by atoms with van der Waals surface area (Å²) in [5.74, 6) is 1.02. The van der Waals surface area contributed by atoms with E-state index in [9.17, 15) is 5.26 Å². The number of anilines is 1. The van der Waals surface area contributed by atoms with Crippen LogP contribution < -0.4 is 10.5 Å². The molecule has 1 aromatic heterocycles. The molecule has 0 spiro atoms. The molecular weight excluding hydrogens is 250 g/mol. The van der Waals surface area contributed by atoms with Crippen molar-refractivity contribution in [1.82, 2.24) is 4.98 Å². The van der Waals surface area contributed by atoms with Crippen molar-refractivity contribution in [3.63, 3.8) is 0 Å². The Morgan fingerprint density at radius 1 is 1.05 bits per heavy atom. The number of para-hydroxylation sites is 1. The fraction of sp³-hybridized carbons (Fsp3) is 0. The molecule has 3 rings (SSSR count). The highest BCUT2D eigenvalue weighted by atomic mass is 16.5. The van der Waals surface area contributed by atoms with E-state index in [2.05, 4.69) is 11.1 Å². The molecule has 4 heteroatoms. The molecule has 0 amide bonds. The second-order valence-electron chi connectivity index (χ2n) is 4.31. The highest BCUT2D eigenvalue weighted by molar-refractivity contribution is 5.85. The third-order valence-electron chi connectivity index (χ3n) is 2.92. The summed E-state index contributed by atoms with van der Waals surface area (Å²) in [6.07, 6.45) is 0. The second kappa shape index (κ2) is 4.90. The van der Waals surface area contributed by atoms with E-state index in [0.29, 0.717) is 22.9 Å². The number of nitrogens with zero attached hydrogens (tertiary/aromatic N) is 2. The zero-order chi connectivity index (χ0) is 13.9.